The molecule has 0 aliphatic carbocycles. The second-order valence-electron chi connectivity index (χ2n) is 3.58. The molecule has 76 valence electrons. The summed E-state index contributed by atoms with van der Waals surface area (Å²) in [6.45, 7) is 0.940. The van der Waals surface area contributed by atoms with Gasteiger partial charge in [-0.25, -0.2) is 4.98 Å². The van der Waals surface area contributed by atoms with Gasteiger partial charge in [0.15, 0.2) is 0 Å². The average Bonchev–Trinajstić information content (AvgIpc) is 2.58. The summed E-state index contributed by atoms with van der Waals surface area (Å²) in [6, 6.07) is 0. The molecule has 3 N–H and O–H groups in total. The van der Waals surface area contributed by atoms with Crippen LogP contribution in [0.25, 0.3) is 0 Å². The number of carboxylic acid groups (broad SMARTS) is 1. The molecule has 1 aliphatic heterocycles. The zero-order valence-corrected chi connectivity index (χ0v) is 7.81. The fraction of sp³-hybridized carbons (Fsp3) is 0.556. The Kier molecular flexibility index (Phi) is 2.25. The summed E-state index contributed by atoms with van der Waals surface area (Å²) in [7, 11) is 0. The number of fused-ring (bicyclic) bond motifs is 1. The number of aromatic nitrogens is 2. The number of carbonyl (C=O) groups is 1. The lowest BCUT2D eigenvalue weighted by Gasteiger charge is -2.19. The molecule has 1 aromatic rings. The van der Waals surface area contributed by atoms with Crippen molar-refractivity contribution in [3.8, 4) is 0 Å². The molecule has 0 fully saturated rings. The Hall–Kier alpha value is -1.36. The molecule has 0 spiro atoms. The maximum Gasteiger partial charge on any atom is 0.308 e. The van der Waals surface area contributed by atoms with Crippen molar-refractivity contribution < 1.29 is 9.90 Å². The van der Waals surface area contributed by atoms with Crippen LogP contribution in [0.1, 0.15) is 17.9 Å². The quantitative estimate of drug-likeness (QED) is 0.695. The summed E-state index contributed by atoms with van der Waals surface area (Å²) in [4.78, 5) is 15.1. The molecule has 1 unspecified atom stereocenters. The van der Waals surface area contributed by atoms with E-state index in [0.29, 0.717) is 19.5 Å². The Morgan fingerprint density at radius 1 is 1.79 bits per heavy atom. The van der Waals surface area contributed by atoms with E-state index in [9.17, 15) is 4.79 Å². The van der Waals surface area contributed by atoms with Crippen LogP contribution in [0.5, 0.6) is 0 Å². The number of rotatable bonds is 2. The van der Waals surface area contributed by atoms with E-state index in [-0.39, 0.29) is 5.92 Å². The Morgan fingerprint density at radius 2 is 2.57 bits per heavy atom. The zero-order chi connectivity index (χ0) is 10.1. The van der Waals surface area contributed by atoms with Gasteiger partial charge in [0.1, 0.15) is 5.82 Å². The second kappa shape index (κ2) is 3.42. The summed E-state index contributed by atoms with van der Waals surface area (Å²) < 4.78 is 1.91. The minimum absolute atomic E-state index is 0.276. The van der Waals surface area contributed by atoms with Crippen LogP contribution in [0.2, 0.25) is 0 Å². The molecule has 5 heteroatoms. The van der Waals surface area contributed by atoms with E-state index in [2.05, 4.69) is 4.98 Å². The van der Waals surface area contributed by atoms with Crippen molar-refractivity contribution in [1.29, 1.82) is 0 Å². The first-order valence-corrected chi connectivity index (χ1v) is 4.68. The lowest BCUT2D eigenvalue weighted by atomic mass is 10.00. The molecule has 1 aliphatic rings. The molecule has 2 rings (SSSR count). The fourth-order valence-corrected chi connectivity index (χ4v) is 1.80. The fourth-order valence-electron chi connectivity index (χ4n) is 1.80. The Balaban J connectivity index is 2.21. The molecule has 0 bridgehead atoms. The zero-order valence-electron chi connectivity index (χ0n) is 7.81. The minimum Gasteiger partial charge on any atom is -0.481 e. The third-order valence-corrected chi connectivity index (χ3v) is 2.60. The van der Waals surface area contributed by atoms with Crippen molar-refractivity contribution >= 4 is 5.97 Å². The van der Waals surface area contributed by atoms with Gasteiger partial charge in [-0.15, -0.1) is 0 Å². The highest BCUT2D eigenvalue weighted by atomic mass is 16.4. The number of nitrogens with zero attached hydrogens (tertiary/aromatic N) is 2. The van der Waals surface area contributed by atoms with Crippen LogP contribution in [-0.2, 0) is 24.3 Å². The highest BCUT2D eigenvalue weighted by Gasteiger charge is 2.24. The van der Waals surface area contributed by atoms with Crippen molar-refractivity contribution in [1.82, 2.24) is 9.55 Å². The topological polar surface area (TPSA) is 81.1 Å². The predicted molar refractivity (Wildman–Crippen MR) is 49.6 cm³/mol. The Bertz CT molecular complexity index is 359. The molecular formula is C9H13N3O2. The number of carboxylic acids is 1. The van der Waals surface area contributed by atoms with Gasteiger partial charge in [-0.05, 0) is 6.42 Å². The number of nitrogens with two attached hydrogens (primary N) is 1. The summed E-state index contributed by atoms with van der Waals surface area (Å²) in [5.74, 6) is -0.0380. The third-order valence-electron chi connectivity index (χ3n) is 2.60. The van der Waals surface area contributed by atoms with Gasteiger partial charge < -0.3 is 15.4 Å². The molecule has 0 radical (unpaired) electrons. The third kappa shape index (κ3) is 1.50. The predicted octanol–water partition coefficient (Wildman–Crippen LogP) is -0.0112. The standard InChI is InChI=1S/C9H13N3O2/c10-3-7-5-12-4-6(9(13)14)1-2-8(12)11-7/h5-6H,1-4,10H2,(H,13,14). The maximum atomic E-state index is 10.8. The Labute approximate surface area is 81.5 Å². The molecule has 0 saturated heterocycles. The monoisotopic (exact) mass is 195 g/mol. The second-order valence-corrected chi connectivity index (χ2v) is 3.58. The van der Waals surface area contributed by atoms with Crippen LogP contribution < -0.4 is 5.73 Å². The van der Waals surface area contributed by atoms with Crippen molar-refractivity contribution in [3.05, 3.63) is 17.7 Å². The van der Waals surface area contributed by atoms with Gasteiger partial charge in [0, 0.05) is 25.7 Å². The van der Waals surface area contributed by atoms with Crippen LogP contribution in [-0.4, -0.2) is 20.6 Å². The van der Waals surface area contributed by atoms with E-state index in [4.69, 9.17) is 10.8 Å². The maximum absolute atomic E-state index is 10.8. The van der Waals surface area contributed by atoms with Crippen molar-refractivity contribution in [2.75, 3.05) is 0 Å². The highest BCUT2D eigenvalue weighted by molar-refractivity contribution is 5.70. The van der Waals surface area contributed by atoms with E-state index in [0.717, 1.165) is 17.9 Å². The van der Waals surface area contributed by atoms with Gasteiger partial charge in [0.25, 0.3) is 0 Å². The number of aliphatic carboxylic acids is 1. The molecule has 14 heavy (non-hydrogen) atoms. The van der Waals surface area contributed by atoms with Gasteiger partial charge in [-0.2, -0.15) is 0 Å². The van der Waals surface area contributed by atoms with Gasteiger partial charge in [-0.1, -0.05) is 0 Å². The molecule has 5 nitrogen and oxygen atoms in total. The number of aryl methyl sites for hydroxylation is 1. The normalized spacial score (nSPS) is 20.5. The molecular weight excluding hydrogens is 182 g/mol. The van der Waals surface area contributed by atoms with E-state index < -0.39 is 5.97 Å². The van der Waals surface area contributed by atoms with E-state index in [1.165, 1.54) is 0 Å². The molecule has 2 heterocycles. The highest BCUT2D eigenvalue weighted by Crippen LogP contribution is 2.19. The summed E-state index contributed by atoms with van der Waals surface area (Å²) >= 11 is 0. The number of hydrogen-bond donors (Lipinski definition) is 2. The average molecular weight is 195 g/mol. The van der Waals surface area contributed by atoms with Crippen molar-refractivity contribution in [2.45, 2.75) is 25.9 Å². The van der Waals surface area contributed by atoms with Crippen LogP contribution in [0.15, 0.2) is 6.20 Å². The molecule has 0 saturated carbocycles. The Morgan fingerprint density at radius 3 is 3.21 bits per heavy atom. The van der Waals surface area contributed by atoms with Crippen LogP contribution in [0.3, 0.4) is 0 Å². The van der Waals surface area contributed by atoms with E-state index in [1.807, 2.05) is 10.8 Å². The largest absolute Gasteiger partial charge is 0.481 e. The molecule has 1 aromatic heterocycles. The number of hydrogen-bond acceptors (Lipinski definition) is 3. The van der Waals surface area contributed by atoms with Crippen molar-refractivity contribution in [3.63, 3.8) is 0 Å². The van der Waals surface area contributed by atoms with E-state index in [1.54, 1.807) is 0 Å². The van der Waals surface area contributed by atoms with Crippen LogP contribution >= 0.6 is 0 Å². The summed E-state index contributed by atoms with van der Waals surface area (Å²) in [6.07, 6.45) is 3.26. The molecule has 0 aromatic carbocycles. The van der Waals surface area contributed by atoms with Crippen molar-refractivity contribution in [2.24, 2.45) is 11.7 Å². The number of imidazole rings is 1. The van der Waals surface area contributed by atoms with Gasteiger partial charge >= 0.3 is 5.97 Å². The minimum atomic E-state index is -0.723. The van der Waals surface area contributed by atoms with Gasteiger partial charge in [0.2, 0.25) is 0 Å². The SMILES string of the molecule is NCc1cn2c(n1)CCC(C(=O)O)C2. The first-order valence-electron chi connectivity index (χ1n) is 4.68. The summed E-state index contributed by atoms with van der Waals surface area (Å²) in [5.41, 5.74) is 6.30. The van der Waals surface area contributed by atoms with Crippen LogP contribution in [0, 0.1) is 5.92 Å². The van der Waals surface area contributed by atoms with Gasteiger partial charge in [-0.3, -0.25) is 4.79 Å². The first-order chi connectivity index (χ1) is 6.70. The van der Waals surface area contributed by atoms with Crippen LogP contribution in [0.4, 0.5) is 0 Å². The molecule has 1 atom stereocenters. The lowest BCUT2D eigenvalue weighted by Crippen LogP contribution is -2.26. The smallest absolute Gasteiger partial charge is 0.308 e. The van der Waals surface area contributed by atoms with E-state index >= 15 is 0 Å². The summed E-state index contributed by atoms with van der Waals surface area (Å²) in [5, 5.41) is 8.87. The van der Waals surface area contributed by atoms with Gasteiger partial charge in [0.05, 0.1) is 11.6 Å². The first kappa shape index (κ1) is 9.21. The molecule has 0 amide bonds. The lowest BCUT2D eigenvalue weighted by molar-refractivity contribution is -0.142.